The van der Waals surface area contributed by atoms with Crippen molar-refractivity contribution in [1.29, 1.82) is 0 Å². The molecule has 0 unspecified atom stereocenters. The Hall–Kier alpha value is -2.83. The predicted octanol–water partition coefficient (Wildman–Crippen LogP) is 3.12. The third kappa shape index (κ3) is 6.84. The Bertz CT molecular complexity index is 1490. The van der Waals surface area contributed by atoms with E-state index in [9.17, 15) is 8.42 Å². The van der Waals surface area contributed by atoms with E-state index in [2.05, 4.69) is 35.9 Å². The van der Waals surface area contributed by atoms with Crippen molar-refractivity contribution in [3.05, 3.63) is 52.9 Å². The lowest BCUT2D eigenvalue weighted by atomic mass is 10.1. The van der Waals surface area contributed by atoms with E-state index in [0.29, 0.717) is 5.56 Å². The van der Waals surface area contributed by atoms with Crippen LogP contribution in [0, 0.1) is 6.92 Å². The van der Waals surface area contributed by atoms with Gasteiger partial charge in [0.25, 0.3) is 10.2 Å². The summed E-state index contributed by atoms with van der Waals surface area (Å²) in [4.78, 5) is 15.5. The highest BCUT2D eigenvalue weighted by molar-refractivity contribution is 9.10. The summed E-state index contributed by atoms with van der Waals surface area (Å²) in [5.74, 6) is -1.11. The second-order valence-electron chi connectivity index (χ2n) is 5.91. The lowest BCUT2D eigenvalue weighted by Gasteiger charge is -2.15. The topological polar surface area (TPSA) is 128 Å². The zero-order valence-electron chi connectivity index (χ0n) is 24.9. The number of nitrogens with one attached hydrogen (secondary N) is 2. The molecule has 1 aromatic carbocycles. The molecule has 0 bridgehead atoms. The summed E-state index contributed by atoms with van der Waals surface area (Å²) in [6.45, 7) is -2.62. The molecule has 0 aliphatic carbocycles. The summed E-state index contributed by atoms with van der Waals surface area (Å²) < 4.78 is 105. The van der Waals surface area contributed by atoms with Crippen molar-refractivity contribution in [3.63, 3.8) is 0 Å². The Morgan fingerprint density at radius 1 is 1.12 bits per heavy atom. The second kappa shape index (κ2) is 11.2. The molecule has 0 saturated carbocycles. The highest BCUT2D eigenvalue weighted by Gasteiger charge is 2.19. The van der Waals surface area contributed by atoms with Gasteiger partial charge >= 0.3 is 6.01 Å². The van der Waals surface area contributed by atoms with Gasteiger partial charge in [0.1, 0.15) is 19.5 Å². The van der Waals surface area contributed by atoms with Crippen LogP contribution >= 0.6 is 15.9 Å². The average Bonchev–Trinajstić information content (AvgIpc) is 2.86. The Morgan fingerprint density at radius 3 is 2.53 bits per heavy atom. The van der Waals surface area contributed by atoms with Gasteiger partial charge in [-0.1, -0.05) is 34.9 Å². The number of hydrogen-bond acceptors (Lipinski definition) is 8. The van der Waals surface area contributed by atoms with Gasteiger partial charge in [-0.2, -0.15) is 13.1 Å². The van der Waals surface area contributed by atoms with Crippen LogP contribution in [0.2, 0.25) is 0 Å². The first-order valence-corrected chi connectivity index (χ1v) is 11.3. The fraction of sp³-hybridized carbons (Fsp3) is 0.300. The van der Waals surface area contributed by atoms with Crippen LogP contribution in [0.1, 0.15) is 29.9 Å². The number of hydrogen-bond donors (Lipinski definition) is 2. The minimum Gasteiger partial charge on any atom is -0.473 e. The van der Waals surface area contributed by atoms with Gasteiger partial charge in [-0.25, -0.2) is 19.9 Å². The summed E-state index contributed by atoms with van der Waals surface area (Å²) >= 11 is 2.99. The van der Waals surface area contributed by atoms with Crippen molar-refractivity contribution < 1.29 is 28.9 Å². The molecular formula is C20H23BrN6O4S. The molecule has 10 nitrogen and oxygen atoms in total. The summed E-state index contributed by atoms with van der Waals surface area (Å²) in [7, 11) is -4.65. The lowest BCUT2D eigenvalue weighted by Crippen LogP contribution is -2.31. The Morgan fingerprint density at radius 2 is 1.84 bits per heavy atom. The first-order valence-electron chi connectivity index (χ1n) is 13.0. The standard InChI is InChI=1S/C20H23BrN6O4S/c1-3-8-26-32(28,29)27-18-17(15-4-6-16(21)7-5-15)19(25-13-24-18)30-9-10-31-20-22-11-14(2)12-23-20/h4-7,11-13,26H,3,8-10H2,1-2H3,(H,24,25,27)/i4D,5D,6D,7D,8D2,10D2. The molecule has 2 N–H and O–H groups in total. The van der Waals surface area contributed by atoms with Gasteiger partial charge in [-0.05, 0) is 36.6 Å². The minimum absolute atomic E-state index is 0.159. The molecule has 170 valence electrons. The molecule has 3 rings (SSSR count). The van der Waals surface area contributed by atoms with Crippen molar-refractivity contribution in [2.45, 2.75) is 20.3 Å². The first-order chi connectivity index (χ1) is 18.5. The first kappa shape index (κ1) is 15.1. The second-order valence-corrected chi connectivity index (χ2v) is 8.12. The van der Waals surface area contributed by atoms with Gasteiger partial charge in [0.15, 0.2) is 5.82 Å². The monoisotopic (exact) mass is 530 g/mol. The third-order valence-corrected chi connectivity index (χ3v) is 4.73. The predicted molar refractivity (Wildman–Crippen MR) is 124 cm³/mol. The zero-order chi connectivity index (χ0) is 30.0. The quantitative estimate of drug-likeness (QED) is 0.386. The fourth-order valence-corrected chi connectivity index (χ4v) is 3.14. The van der Waals surface area contributed by atoms with Crippen molar-refractivity contribution in [2.24, 2.45) is 0 Å². The molecule has 0 aliphatic rings. The van der Waals surface area contributed by atoms with Gasteiger partial charge in [0.05, 0.1) is 13.8 Å². The maximum Gasteiger partial charge on any atom is 0.316 e. The van der Waals surface area contributed by atoms with Gasteiger partial charge in [-0.15, -0.1) is 0 Å². The molecule has 0 radical (unpaired) electrons. The molecule has 0 spiro atoms. The maximum atomic E-state index is 12.7. The van der Waals surface area contributed by atoms with Crippen LogP contribution in [0.5, 0.6) is 11.9 Å². The molecule has 0 aliphatic heterocycles. The Labute approximate surface area is 206 Å². The number of ether oxygens (including phenoxy) is 2. The normalized spacial score (nSPS) is 15.7. The van der Waals surface area contributed by atoms with Crippen LogP contribution in [-0.2, 0) is 10.2 Å². The van der Waals surface area contributed by atoms with Gasteiger partial charge in [0.2, 0.25) is 5.88 Å². The van der Waals surface area contributed by atoms with E-state index in [1.165, 1.54) is 19.3 Å². The minimum atomic E-state index is -4.65. The Balaban J connectivity index is 2.11. The largest absolute Gasteiger partial charge is 0.473 e. The van der Waals surface area contributed by atoms with E-state index in [0.717, 1.165) is 6.33 Å². The summed E-state index contributed by atoms with van der Waals surface area (Å²) in [5, 5.41) is 0. The molecule has 12 heteroatoms. The van der Waals surface area contributed by atoms with E-state index < -0.39 is 76.9 Å². The molecule has 0 atom stereocenters. The van der Waals surface area contributed by atoms with Crippen LogP contribution in [-0.4, -0.2) is 48.0 Å². The number of benzene rings is 1. The summed E-state index contributed by atoms with van der Waals surface area (Å²) in [6, 6.07) is -2.53. The maximum absolute atomic E-state index is 12.7. The number of aryl methyl sites for hydroxylation is 1. The van der Waals surface area contributed by atoms with E-state index in [1.807, 2.05) is 4.72 Å². The van der Waals surface area contributed by atoms with Gasteiger partial charge in [0, 0.05) is 26.1 Å². The van der Waals surface area contributed by atoms with Crippen molar-refractivity contribution in [3.8, 4) is 23.0 Å². The van der Waals surface area contributed by atoms with Crippen LogP contribution in [0.25, 0.3) is 11.1 Å². The third-order valence-electron chi connectivity index (χ3n) is 3.46. The number of nitrogens with zero attached hydrogens (tertiary/aromatic N) is 4. The number of halogens is 1. The average molecular weight is 531 g/mol. The fourth-order valence-electron chi connectivity index (χ4n) is 2.15. The SMILES string of the molecule is [2H]c1c([2H])c(-c2c(NS(=O)(=O)NC([2H])([2H])CC)ncnc2OCC([2H])([2H])Oc2ncc(C)cn2)c([2H])c([2H])c1Br. The molecule has 0 amide bonds. The number of rotatable bonds is 11. The van der Waals surface area contributed by atoms with E-state index in [4.69, 9.17) is 20.4 Å². The molecule has 0 fully saturated rings. The number of aromatic nitrogens is 4. The molecule has 0 saturated heterocycles. The van der Waals surface area contributed by atoms with Gasteiger partial charge < -0.3 is 9.47 Å². The molecule has 32 heavy (non-hydrogen) atoms. The number of anilines is 1. The van der Waals surface area contributed by atoms with E-state index in [1.54, 1.807) is 11.6 Å². The zero-order valence-corrected chi connectivity index (χ0v) is 19.3. The smallest absolute Gasteiger partial charge is 0.316 e. The highest BCUT2D eigenvalue weighted by Crippen LogP contribution is 2.34. The summed E-state index contributed by atoms with van der Waals surface area (Å²) in [6.07, 6.45) is 3.44. The van der Waals surface area contributed by atoms with Crippen LogP contribution in [0.3, 0.4) is 0 Å². The van der Waals surface area contributed by atoms with Gasteiger partial charge in [-0.3, -0.25) is 4.72 Å². The van der Waals surface area contributed by atoms with Crippen molar-refractivity contribution >= 4 is 32.0 Å². The van der Waals surface area contributed by atoms with Crippen molar-refractivity contribution in [2.75, 3.05) is 24.4 Å². The molecule has 2 heterocycles. The lowest BCUT2D eigenvalue weighted by molar-refractivity contribution is 0.202. The Kier molecular flexibility index (Phi) is 5.26. The summed E-state index contributed by atoms with van der Waals surface area (Å²) in [5.41, 5.74) is -0.217. The van der Waals surface area contributed by atoms with E-state index in [-0.39, 0.29) is 16.9 Å². The molecule has 3 aromatic rings. The molecule has 2 aromatic heterocycles. The highest BCUT2D eigenvalue weighted by atomic mass is 79.9. The van der Waals surface area contributed by atoms with E-state index >= 15 is 0 Å². The van der Waals surface area contributed by atoms with Crippen LogP contribution in [0.15, 0.2) is 47.4 Å². The van der Waals surface area contributed by atoms with Crippen LogP contribution in [0.4, 0.5) is 5.82 Å². The molecular weight excluding hydrogens is 500 g/mol. The van der Waals surface area contributed by atoms with Crippen molar-refractivity contribution in [1.82, 2.24) is 24.7 Å². The van der Waals surface area contributed by atoms with Crippen LogP contribution < -0.4 is 18.9 Å².